The van der Waals surface area contributed by atoms with Gasteiger partial charge in [0.2, 0.25) is 0 Å². The molecule has 0 aliphatic heterocycles. The minimum atomic E-state index is -0.110. The fraction of sp³-hybridized carbons (Fsp3) is 0.200. The summed E-state index contributed by atoms with van der Waals surface area (Å²) in [6, 6.07) is 13.6. The Kier molecular flexibility index (Phi) is 5.17. The van der Waals surface area contributed by atoms with Crippen molar-refractivity contribution in [1.29, 1.82) is 0 Å². The summed E-state index contributed by atoms with van der Waals surface area (Å²) >= 11 is 14.1. The molecule has 2 aromatic rings. The van der Waals surface area contributed by atoms with E-state index in [1.807, 2.05) is 36.6 Å². The summed E-state index contributed by atoms with van der Waals surface area (Å²) in [7, 11) is 0. The number of halogens is 2. The number of thioether (sulfide) groups is 1. The van der Waals surface area contributed by atoms with Gasteiger partial charge in [0.15, 0.2) is 0 Å². The third kappa shape index (κ3) is 3.46. The van der Waals surface area contributed by atoms with Gasteiger partial charge in [-0.25, -0.2) is 0 Å². The van der Waals surface area contributed by atoms with Gasteiger partial charge in [-0.2, -0.15) is 0 Å². The number of benzene rings is 2. The lowest BCUT2D eigenvalue weighted by Crippen LogP contribution is -2.14. The first kappa shape index (κ1) is 14.7. The van der Waals surface area contributed by atoms with Crippen molar-refractivity contribution in [2.75, 3.05) is 6.26 Å². The molecule has 0 heterocycles. The molecule has 100 valence electrons. The molecule has 0 aromatic heterocycles. The standard InChI is InChI=1S/C15H15Cl2NS/c1-19-15-8-3-2-5-10(15)14(18)9-11-12(16)6-4-7-13(11)17/h2-8,14H,9,18H2,1H3. The van der Waals surface area contributed by atoms with E-state index in [4.69, 9.17) is 28.9 Å². The third-order valence-electron chi connectivity index (χ3n) is 3.02. The summed E-state index contributed by atoms with van der Waals surface area (Å²) in [5, 5.41) is 1.34. The van der Waals surface area contributed by atoms with Crippen LogP contribution in [0.1, 0.15) is 17.2 Å². The molecule has 0 saturated heterocycles. The van der Waals surface area contributed by atoms with Crippen molar-refractivity contribution in [2.24, 2.45) is 5.73 Å². The van der Waals surface area contributed by atoms with Gasteiger partial charge in [-0.3, -0.25) is 0 Å². The molecule has 1 atom stereocenters. The molecule has 4 heteroatoms. The summed E-state index contributed by atoms with van der Waals surface area (Å²) in [5.41, 5.74) is 8.35. The van der Waals surface area contributed by atoms with Gasteiger partial charge in [0, 0.05) is 21.0 Å². The predicted molar refractivity (Wildman–Crippen MR) is 85.3 cm³/mol. The topological polar surface area (TPSA) is 26.0 Å². The lowest BCUT2D eigenvalue weighted by molar-refractivity contribution is 0.708. The normalized spacial score (nSPS) is 12.4. The maximum Gasteiger partial charge on any atom is 0.0453 e. The van der Waals surface area contributed by atoms with Crippen molar-refractivity contribution >= 4 is 35.0 Å². The van der Waals surface area contributed by atoms with E-state index in [-0.39, 0.29) is 6.04 Å². The first-order chi connectivity index (χ1) is 9.13. The Labute approximate surface area is 128 Å². The van der Waals surface area contributed by atoms with Gasteiger partial charge in [0.05, 0.1) is 0 Å². The molecule has 2 rings (SSSR count). The van der Waals surface area contributed by atoms with E-state index in [9.17, 15) is 0 Å². The molecule has 0 amide bonds. The van der Waals surface area contributed by atoms with Crippen LogP contribution in [0.2, 0.25) is 10.0 Å². The van der Waals surface area contributed by atoms with Crippen LogP contribution in [0.4, 0.5) is 0 Å². The monoisotopic (exact) mass is 311 g/mol. The van der Waals surface area contributed by atoms with Crippen molar-refractivity contribution in [2.45, 2.75) is 17.4 Å². The molecule has 0 bridgehead atoms. The first-order valence-corrected chi connectivity index (χ1v) is 7.93. The smallest absolute Gasteiger partial charge is 0.0453 e. The van der Waals surface area contributed by atoms with Crippen LogP contribution in [0.15, 0.2) is 47.4 Å². The van der Waals surface area contributed by atoms with Crippen molar-refractivity contribution in [3.8, 4) is 0 Å². The Bertz CT molecular complexity index is 552. The fourth-order valence-electron chi connectivity index (χ4n) is 2.03. The number of hydrogen-bond donors (Lipinski definition) is 1. The summed E-state index contributed by atoms with van der Waals surface area (Å²) in [6.07, 6.45) is 2.68. The van der Waals surface area contributed by atoms with E-state index in [0.29, 0.717) is 16.5 Å². The Morgan fingerprint density at radius 1 is 1.05 bits per heavy atom. The zero-order valence-corrected chi connectivity index (χ0v) is 12.9. The average molecular weight is 312 g/mol. The van der Waals surface area contributed by atoms with Crippen LogP contribution in [-0.2, 0) is 6.42 Å². The molecule has 2 aromatic carbocycles. The second-order valence-electron chi connectivity index (χ2n) is 4.25. The predicted octanol–water partition coefficient (Wildman–Crippen LogP) is 4.96. The summed E-state index contributed by atoms with van der Waals surface area (Å²) < 4.78 is 0. The Morgan fingerprint density at radius 3 is 2.32 bits per heavy atom. The highest BCUT2D eigenvalue weighted by molar-refractivity contribution is 7.98. The van der Waals surface area contributed by atoms with Crippen molar-refractivity contribution in [3.63, 3.8) is 0 Å². The molecule has 0 saturated carbocycles. The molecule has 0 aliphatic carbocycles. The van der Waals surface area contributed by atoms with Crippen LogP contribution in [0, 0.1) is 0 Å². The highest BCUT2D eigenvalue weighted by Gasteiger charge is 2.14. The van der Waals surface area contributed by atoms with Crippen LogP contribution < -0.4 is 5.73 Å². The molecular weight excluding hydrogens is 297 g/mol. The van der Waals surface area contributed by atoms with Crippen LogP contribution >= 0.6 is 35.0 Å². The van der Waals surface area contributed by atoms with Crippen molar-refractivity contribution in [3.05, 3.63) is 63.6 Å². The average Bonchev–Trinajstić information content (AvgIpc) is 2.42. The molecule has 0 aliphatic rings. The van der Waals surface area contributed by atoms with Crippen molar-refractivity contribution in [1.82, 2.24) is 0 Å². The quantitative estimate of drug-likeness (QED) is 0.808. The van der Waals surface area contributed by atoms with Gasteiger partial charge >= 0.3 is 0 Å². The van der Waals surface area contributed by atoms with Gasteiger partial charge in [0.1, 0.15) is 0 Å². The molecule has 0 spiro atoms. The summed E-state index contributed by atoms with van der Waals surface area (Å²) in [5.74, 6) is 0. The Balaban J connectivity index is 2.28. The maximum absolute atomic E-state index is 6.31. The summed E-state index contributed by atoms with van der Waals surface area (Å²) in [6.45, 7) is 0. The van der Waals surface area contributed by atoms with E-state index in [1.165, 1.54) is 4.90 Å². The molecule has 0 fully saturated rings. The Hall–Kier alpha value is -0.670. The lowest BCUT2D eigenvalue weighted by atomic mass is 9.99. The van der Waals surface area contributed by atoms with Gasteiger partial charge in [-0.1, -0.05) is 47.5 Å². The number of hydrogen-bond acceptors (Lipinski definition) is 2. The van der Waals surface area contributed by atoms with Crippen LogP contribution in [0.25, 0.3) is 0 Å². The number of nitrogens with two attached hydrogens (primary N) is 1. The first-order valence-electron chi connectivity index (χ1n) is 5.95. The zero-order chi connectivity index (χ0) is 13.8. The summed E-state index contributed by atoms with van der Waals surface area (Å²) in [4.78, 5) is 1.19. The van der Waals surface area contributed by atoms with Gasteiger partial charge in [-0.15, -0.1) is 11.8 Å². The maximum atomic E-state index is 6.31. The van der Waals surface area contributed by atoms with Crippen LogP contribution in [0.3, 0.4) is 0 Å². The van der Waals surface area contributed by atoms with E-state index >= 15 is 0 Å². The molecule has 2 N–H and O–H groups in total. The lowest BCUT2D eigenvalue weighted by Gasteiger charge is -2.17. The molecule has 19 heavy (non-hydrogen) atoms. The highest BCUT2D eigenvalue weighted by atomic mass is 35.5. The minimum Gasteiger partial charge on any atom is -0.324 e. The SMILES string of the molecule is CSc1ccccc1C(N)Cc1c(Cl)cccc1Cl. The molecule has 1 nitrogen and oxygen atoms in total. The number of rotatable bonds is 4. The zero-order valence-electron chi connectivity index (χ0n) is 10.6. The highest BCUT2D eigenvalue weighted by Crippen LogP contribution is 2.31. The van der Waals surface area contributed by atoms with E-state index < -0.39 is 0 Å². The van der Waals surface area contributed by atoms with E-state index in [0.717, 1.165) is 11.1 Å². The molecule has 0 radical (unpaired) electrons. The molecular formula is C15H15Cl2NS. The largest absolute Gasteiger partial charge is 0.324 e. The van der Waals surface area contributed by atoms with Crippen molar-refractivity contribution < 1.29 is 0 Å². The fourth-order valence-corrected chi connectivity index (χ4v) is 3.25. The Morgan fingerprint density at radius 2 is 1.68 bits per heavy atom. The third-order valence-corrected chi connectivity index (χ3v) is 4.54. The van der Waals surface area contributed by atoms with Gasteiger partial charge in [0.25, 0.3) is 0 Å². The van der Waals surface area contributed by atoms with E-state index in [1.54, 1.807) is 11.8 Å². The second kappa shape index (κ2) is 6.67. The van der Waals surface area contributed by atoms with Gasteiger partial charge in [-0.05, 0) is 42.0 Å². The van der Waals surface area contributed by atoms with E-state index in [2.05, 4.69) is 12.1 Å². The minimum absolute atomic E-state index is 0.110. The van der Waals surface area contributed by atoms with Crippen LogP contribution in [-0.4, -0.2) is 6.26 Å². The molecule has 1 unspecified atom stereocenters. The van der Waals surface area contributed by atoms with Crippen LogP contribution in [0.5, 0.6) is 0 Å². The second-order valence-corrected chi connectivity index (χ2v) is 5.92. The van der Waals surface area contributed by atoms with Gasteiger partial charge < -0.3 is 5.73 Å².